The van der Waals surface area contributed by atoms with Gasteiger partial charge >= 0.3 is 5.97 Å². The number of cyclic esters (lactones) is 1. The highest BCUT2D eigenvalue weighted by molar-refractivity contribution is 5.88. The Labute approximate surface area is 351 Å². The normalized spacial score (nSPS) is 45.2. The molecule has 338 valence electrons. The molecular formula is C44H74N2O13. The monoisotopic (exact) mass is 839 g/mol. The quantitative estimate of drug-likeness (QED) is 0.169. The van der Waals surface area contributed by atoms with Crippen LogP contribution in [0.5, 0.6) is 0 Å². The van der Waals surface area contributed by atoms with E-state index < -0.39 is 102 Å². The molecule has 0 saturated carbocycles. The van der Waals surface area contributed by atoms with Gasteiger partial charge in [0.1, 0.15) is 30.5 Å². The second kappa shape index (κ2) is 20.3. The van der Waals surface area contributed by atoms with E-state index in [1.165, 1.54) is 14.0 Å². The van der Waals surface area contributed by atoms with Crippen LogP contribution in [0.15, 0.2) is 35.5 Å². The van der Waals surface area contributed by atoms with Gasteiger partial charge in [-0.2, -0.15) is 0 Å². The summed E-state index contributed by atoms with van der Waals surface area (Å²) in [5, 5.41) is 64.0. The van der Waals surface area contributed by atoms with E-state index in [-0.39, 0.29) is 38.0 Å². The number of nitrogens with zero attached hydrogens (tertiary/aromatic N) is 2. The average Bonchev–Trinajstić information content (AvgIpc) is 3.18. The van der Waals surface area contributed by atoms with Crippen LogP contribution in [-0.2, 0) is 44.7 Å². The summed E-state index contributed by atoms with van der Waals surface area (Å²) in [6.45, 7) is 17.3. The molecule has 3 aliphatic rings. The van der Waals surface area contributed by atoms with Crippen LogP contribution in [0.25, 0.3) is 0 Å². The molecule has 0 amide bonds. The molecule has 15 nitrogen and oxygen atoms in total. The van der Waals surface area contributed by atoms with Crippen LogP contribution in [0, 0.1) is 23.7 Å². The van der Waals surface area contributed by atoms with E-state index in [0.717, 1.165) is 5.56 Å². The predicted octanol–water partition coefficient (Wildman–Crippen LogP) is 3.79. The van der Waals surface area contributed by atoms with Crippen LogP contribution in [-0.4, -0.2) is 148 Å². The number of benzene rings is 1. The van der Waals surface area contributed by atoms with E-state index in [2.05, 4.69) is 5.16 Å². The standard InChI is InChI=1S/C44H74N2O13/c1-14-32-44(10,52)37(48)26(4)34(45-54-23-30-18-16-15-17-19-30)24(2)21-42(8,51)39(59-41-35(47)31(46(11)12)20-25(3)55-41)27(5)36(28(6)40(50)57-32)58-33-22-43(9,53-13)38(49)29(7)56-33/h15-19,24-29,31-33,35-39,41,47-49,51-52H,14,20-23H2,1-13H3/b45-34+/t24-,25-,26-,27+,28-,29+,31+,32+,33?,35-,36+,37-,38+,39-,41+,42?,43-,44-/m1/s1. The first kappa shape index (κ1) is 49.4. The molecule has 3 aliphatic heterocycles. The van der Waals surface area contributed by atoms with Crippen LogP contribution >= 0.6 is 0 Å². The molecule has 15 heteroatoms. The van der Waals surface area contributed by atoms with Crippen molar-refractivity contribution in [2.75, 3.05) is 21.2 Å². The maximum absolute atomic E-state index is 14.4. The number of aliphatic hydroxyl groups excluding tert-OH is 3. The van der Waals surface area contributed by atoms with Gasteiger partial charge in [-0.15, -0.1) is 0 Å². The van der Waals surface area contributed by atoms with Crippen molar-refractivity contribution in [1.29, 1.82) is 0 Å². The van der Waals surface area contributed by atoms with Gasteiger partial charge in [-0.3, -0.25) is 4.79 Å². The Morgan fingerprint density at radius 1 is 0.898 bits per heavy atom. The SMILES string of the molecule is CC[C@@H]1OC(=O)[C@H](C)[C@@H](OC2C[C@@](C)(OC)[C@@H](O)[C@H](C)O2)[C@H](C)[C@@H](O[C@@H]2O[C@H](C)C[C@H](N(C)C)[C@H]2O)C(C)(O)C[C@@H](C)/C(=N\OCc2ccccc2)[C@@H](C)[C@@H](O)[C@]1(C)O. The predicted molar refractivity (Wildman–Crippen MR) is 220 cm³/mol. The zero-order valence-corrected chi connectivity index (χ0v) is 37.5. The highest BCUT2D eigenvalue weighted by atomic mass is 16.7. The molecule has 0 aromatic heterocycles. The summed E-state index contributed by atoms with van der Waals surface area (Å²) < 4.78 is 37.8. The van der Waals surface area contributed by atoms with Crippen molar-refractivity contribution >= 4 is 11.7 Å². The van der Waals surface area contributed by atoms with Gasteiger partial charge in [0.15, 0.2) is 12.6 Å². The Morgan fingerprint density at radius 3 is 2.14 bits per heavy atom. The lowest BCUT2D eigenvalue weighted by Crippen LogP contribution is -2.61. The summed E-state index contributed by atoms with van der Waals surface area (Å²) in [5.74, 6) is -4.04. The molecule has 1 aromatic carbocycles. The maximum atomic E-state index is 14.4. The molecule has 5 N–H and O–H groups in total. The smallest absolute Gasteiger partial charge is 0.311 e. The van der Waals surface area contributed by atoms with Gasteiger partial charge in [0.05, 0.1) is 53.4 Å². The van der Waals surface area contributed by atoms with Crippen molar-refractivity contribution in [1.82, 2.24) is 4.90 Å². The number of carbonyl (C=O) groups is 1. The molecule has 18 atom stereocenters. The minimum atomic E-state index is -1.95. The third-order valence-electron chi connectivity index (χ3n) is 13.1. The number of carbonyl (C=O) groups excluding carboxylic acids is 1. The molecule has 1 aromatic rings. The van der Waals surface area contributed by atoms with E-state index in [9.17, 15) is 30.3 Å². The van der Waals surface area contributed by atoms with E-state index in [1.54, 1.807) is 48.5 Å². The van der Waals surface area contributed by atoms with Crippen LogP contribution in [0.4, 0.5) is 0 Å². The molecule has 3 fully saturated rings. The summed E-state index contributed by atoms with van der Waals surface area (Å²) in [4.78, 5) is 22.2. The minimum absolute atomic E-state index is 0.00211. The number of hydrogen-bond acceptors (Lipinski definition) is 15. The highest BCUT2D eigenvalue weighted by Crippen LogP contribution is 2.41. The summed E-state index contributed by atoms with van der Waals surface area (Å²) >= 11 is 0. The molecule has 0 aliphatic carbocycles. The molecule has 0 spiro atoms. The van der Waals surface area contributed by atoms with Gasteiger partial charge in [-0.1, -0.05) is 63.2 Å². The van der Waals surface area contributed by atoms with Crippen LogP contribution in [0.3, 0.4) is 0 Å². The van der Waals surface area contributed by atoms with Crippen LogP contribution < -0.4 is 0 Å². The number of methoxy groups -OCH3 is 1. The molecule has 3 saturated heterocycles. The molecule has 2 unspecified atom stereocenters. The number of hydrogen-bond donors (Lipinski definition) is 5. The van der Waals surface area contributed by atoms with E-state index in [4.69, 9.17) is 33.3 Å². The van der Waals surface area contributed by atoms with Crippen LogP contribution in [0.2, 0.25) is 0 Å². The largest absolute Gasteiger partial charge is 0.459 e. The third-order valence-corrected chi connectivity index (χ3v) is 13.1. The first-order chi connectivity index (χ1) is 27.5. The van der Waals surface area contributed by atoms with E-state index in [0.29, 0.717) is 12.1 Å². The molecule has 59 heavy (non-hydrogen) atoms. The Kier molecular flexibility index (Phi) is 17.0. The van der Waals surface area contributed by atoms with Gasteiger partial charge in [0, 0.05) is 37.3 Å². The lowest BCUT2D eigenvalue weighted by atomic mass is 9.73. The van der Waals surface area contributed by atoms with Crippen molar-refractivity contribution in [2.24, 2.45) is 28.8 Å². The minimum Gasteiger partial charge on any atom is -0.459 e. The second-order valence-corrected chi connectivity index (χ2v) is 18.3. The highest BCUT2D eigenvalue weighted by Gasteiger charge is 2.53. The fourth-order valence-corrected chi connectivity index (χ4v) is 9.35. The molecule has 0 bridgehead atoms. The molecular weight excluding hydrogens is 764 g/mol. The number of esters is 1. The zero-order valence-electron chi connectivity index (χ0n) is 37.5. The third kappa shape index (κ3) is 11.4. The van der Waals surface area contributed by atoms with E-state index in [1.807, 2.05) is 63.2 Å². The summed E-state index contributed by atoms with van der Waals surface area (Å²) in [5.41, 5.74) is -3.52. The number of likely N-dealkylation sites (N-methyl/N-ethyl adjacent to an activating group) is 1. The number of oxime groups is 1. The van der Waals surface area contributed by atoms with Crippen molar-refractivity contribution in [3.05, 3.63) is 35.9 Å². The van der Waals surface area contributed by atoms with Crippen molar-refractivity contribution in [2.45, 2.75) is 186 Å². The van der Waals surface area contributed by atoms with Gasteiger partial charge in [-0.25, -0.2) is 0 Å². The summed E-state index contributed by atoms with van der Waals surface area (Å²) in [6.07, 6.45) is -9.32. The summed E-state index contributed by atoms with van der Waals surface area (Å²) in [6, 6.07) is 9.14. The number of rotatable bonds is 10. The van der Waals surface area contributed by atoms with Gasteiger partial charge in [0.25, 0.3) is 0 Å². The lowest BCUT2D eigenvalue weighted by Gasteiger charge is -2.49. The molecule has 3 heterocycles. The van der Waals surface area contributed by atoms with Crippen molar-refractivity contribution in [3.63, 3.8) is 0 Å². The lowest BCUT2D eigenvalue weighted by molar-refractivity contribution is -0.317. The maximum Gasteiger partial charge on any atom is 0.311 e. The first-order valence-electron chi connectivity index (χ1n) is 21.2. The van der Waals surface area contributed by atoms with Gasteiger partial charge < -0.3 is 63.7 Å². The van der Waals surface area contributed by atoms with Crippen molar-refractivity contribution in [3.8, 4) is 0 Å². The summed E-state index contributed by atoms with van der Waals surface area (Å²) in [7, 11) is 5.24. The van der Waals surface area contributed by atoms with Crippen LogP contribution in [0.1, 0.15) is 100 Å². The Balaban J connectivity index is 1.87. The Bertz CT molecular complexity index is 1510. The van der Waals surface area contributed by atoms with Crippen molar-refractivity contribution < 1.29 is 63.6 Å². The van der Waals surface area contributed by atoms with Gasteiger partial charge in [0.2, 0.25) is 0 Å². The molecule has 0 radical (unpaired) electrons. The Morgan fingerprint density at radius 2 is 1.54 bits per heavy atom. The fourth-order valence-electron chi connectivity index (χ4n) is 9.35. The van der Waals surface area contributed by atoms with E-state index >= 15 is 0 Å². The Hall–Kier alpha value is -2.28. The first-order valence-corrected chi connectivity index (χ1v) is 21.2. The second-order valence-electron chi connectivity index (χ2n) is 18.3. The molecule has 4 rings (SSSR count). The fraction of sp³-hybridized carbons (Fsp3) is 0.818. The van der Waals surface area contributed by atoms with Gasteiger partial charge in [-0.05, 0) is 80.5 Å². The average molecular weight is 839 g/mol. The number of aliphatic hydroxyl groups is 5. The zero-order chi connectivity index (χ0) is 44.2. The topological polar surface area (TPSA) is 198 Å². The number of ether oxygens (including phenoxy) is 6.